The lowest BCUT2D eigenvalue weighted by Gasteiger charge is -2.43. The highest BCUT2D eigenvalue weighted by atomic mass is 16.7. The van der Waals surface area contributed by atoms with Crippen LogP contribution in [0.25, 0.3) is 0 Å². The molecule has 0 aromatic heterocycles. The summed E-state index contributed by atoms with van der Waals surface area (Å²) >= 11 is 0. The molecule has 0 N–H and O–H groups in total. The molecule has 16 rings (SSSR count). The molecule has 16 fully saturated rings. The number of fused-ring (bicyclic) bond motifs is 5. The van der Waals surface area contributed by atoms with E-state index >= 15 is 0 Å². The highest BCUT2D eigenvalue weighted by Gasteiger charge is 2.77. The van der Waals surface area contributed by atoms with Gasteiger partial charge < -0.3 is 80.5 Å². The molecule has 0 aromatic carbocycles. The summed E-state index contributed by atoms with van der Waals surface area (Å²) in [6.07, 6.45) is 4.64. The quantitative estimate of drug-likeness (QED) is 0.0316. The zero-order chi connectivity index (χ0) is 86.6. The van der Waals surface area contributed by atoms with E-state index in [1.807, 2.05) is 54.5 Å². The third-order valence-corrected chi connectivity index (χ3v) is 28.4. The monoisotopic (exact) mass is 1660 g/mol. The normalized spacial score (nSPS) is 35.4. The molecule has 16 aliphatic rings. The molecule has 26 atom stereocenters. The van der Waals surface area contributed by atoms with Crippen LogP contribution in [0.4, 0.5) is 0 Å². The Morgan fingerprint density at radius 3 is 1.37 bits per heavy atom. The van der Waals surface area contributed by atoms with Crippen LogP contribution in [0.2, 0.25) is 0 Å². The van der Waals surface area contributed by atoms with Crippen molar-refractivity contribution in [3.05, 3.63) is 0 Å². The third-order valence-electron chi connectivity index (χ3n) is 28.4. The Morgan fingerprint density at radius 2 is 0.881 bits per heavy atom. The number of methoxy groups -OCH3 is 1. The van der Waals surface area contributed by atoms with E-state index in [-0.39, 0.29) is 127 Å². The molecule has 26 unspecified atom stereocenters. The van der Waals surface area contributed by atoms with Gasteiger partial charge in [0.2, 0.25) is 0 Å². The summed E-state index contributed by atoms with van der Waals surface area (Å²) in [6.45, 7) is 28.4. The van der Waals surface area contributed by atoms with E-state index in [4.69, 9.17) is 80.5 Å². The molecule has 9 saturated carbocycles. The van der Waals surface area contributed by atoms with Gasteiger partial charge in [-0.15, -0.1) is 0 Å². The van der Waals surface area contributed by atoms with Crippen molar-refractivity contribution in [3.8, 4) is 6.07 Å². The van der Waals surface area contributed by atoms with Crippen LogP contribution in [-0.2, 0) is 152 Å². The minimum absolute atomic E-state index is 0.0134. The van der Waals surface area contributed by atoms with Gasteiger partial charge in [0.25, 0.3) is 0 Å². The Morgan fingerprint density at radius 1 is 0.458 bits per heavy atom. The number of hydrogen-bond donors (Lipinski definition) is 0. The summed E-state index contributed by atoms with van der Waals surface area (Å²) in [5.74, 6) is -5.47. The zero-order valence-corrected chi connectivity index (χ0v) is 70.7. The van der Waals surface area contributed by atoms with Crippen LogP contribution in [-0.4, -0.2) is 209 Å². The number of ether oxygens (including phenoxy) is 17. The predicted octanol–water partition coefficient (Wildman–Crippen LogP) is 7.51. The Bertz CT molecular complexity index is 3960. The average Bonchev–Trinajstić information content (AvgIpc) is 1.53. The van der Waals surface area contributed by atoms with Crippen molar-refractivity contribution in [2.24, 2.45) is 103 Å². The summed E-state index contributed by atoms with van der Waals surface area (Å²) < 4.78 is 90.4. The van der Waals surface area contributed by atoms with Crippen molar-refractivity contribution in [1.82, 2.24) is 0 Å². The molecule has 12 bridgehead atoms. The van der Waals surface area contributed by atoms with Gasteiger partial charge in [-0.3, -0.25) is 52.7 Å². The Balaban J connectivity index is 0.000000145. The molecule has 0 radical (unpaired) electrons. The first-order valence-corrected chi connectivity index (χ1v) is 41.9. The number of nitrogens with zero attached hydrogens (tertiary/aromatic N) is 1. The largest absolute Gasteiger partial charge is 0.468 e. The maximum Gasteiger partial charge on any atom is 0.347 e. The van der Waals surface area contributed by atoms with Crippen molar-refractivity contribution in [3.63, 3.8) is 0 Å². The molecular formula is C85H117NO32. The Hall–Kier alpha value is -8.54. The number of carbonyl (C=O) groups excluding carboxylic acids is 15. The van der Waals surface area contributed by atoms with Gasteiger partial charge in [-0.25, -0.2) is 19.2 Å². The van der Waals surface area contributed by atoms with Gasteiger partial charge in [0.1, 0.15) is 54.9 Å². The summed E-state index contributed by atoms with van der Waals surface area (Å²) in [5, 5.41) is 9.25. The second kappa shape index (κ2) is 34.9. The highest BCUT2D eigenvalue weighted by molar-refractivity contribution is 6.03. The molecule has 7 aliphatic heterocycles. The van der Waals surface area contributed by atoms with Crippen LogP contribution in [0, 0.1) is 114 Å². The average molecular weight is 1660 g/mol. The summed E-state index contributed by atoms with van der Waals surface area (Å²) in [4.78, 5) is 179. The van der Waals surface area contributed by atoms with Gasteiger partial charge in [0, 0.05) is 54.3 Å². The third kappa shape index (κ3) is 17.3. The standard InChI is InChI=1S/C18H24O8.2C17H24O6.C17H26O5.C16H19NO7/c1-5-17(2,3)14(20)24-8-11(19)25-12-9-6-10-13(12)26-16(22)18(10,7-9)15(21)23-4;1-5-17(3,4)16(20)21-8(2)14(18)22-12-9-6-10-11(7-9)15(19)23-13(10)12;1-4-17(2,3)16(20)21-8-12(18)22-13-9-5-6-10-11(7-9)15(19)23-14(10)13;1-4-17(2,3)16(19)21-7-5-6-20-13-10-8-11-12(9-10)15(18)22-14(11)13;1-4-15(2,3)13(19)21-6-9(18)23-10-8-5-16(7-17)12(22-8)11(10)24-14(16)20/h9-10,12-13H,5-8H2,1-4H3;8-13H,5-7H2,1-4H3;9-11,13-14H,4-8H2,1-3H3;10-14H,4-9H2,1-3H3;8,10-12H,4-6H2,1-3H3. The van der Waals surface area contributed by atoms with Gasteiger partial charge >= 0.3 is 89.5 Å². The maximum atomic E-state index is 12.3. The fourth-order valence-corrected chi connectivity index (χ4v) is 19.1. The second-order valence-corrected chi connectivity index (χ2v) is 37.5. The summed E-state index contributed by atoms with van der Waals surface area (Å²) in [7, 11) is 1.24. The van der Waals surface area contributed by atoms with E-state index in [1.165, 1.54) is 14.0 Å². The molecule has 0 amide bonds. The minimum atomic E-state index is -1.28. The summed E-state index contributed by atoms with van der Waals surface area (Å²) in [6, 6.07) is 1.98. The molecule has 33 heteroatoms. The van der Waals surface area contributed by atoms with Crippen molar-refractivity contribution in [2.45, 2.75) is 293 Å². The first-order chi connectivity index (χ1) is 55.4. The molecule has 0 spiro atoms. The van der Waals surface area contributed by atoms with E-state index < -0.39 is 166 Å². The second-order valence-electron chi connectivity index (χ2n) is 37.5. The molecule has 9 aliphatic carbocycles. The summed E-state index contributed by atoms with van der Waals surface area (Å²) in [5.41, 5.74) is -5.55. The van der Waals surface area contributed by atoms with Crippen LogP contribution < -0.4 is 0 Å². The van der Waals surface area contributed by atoms with Crippen LogP contribution in [0.1, 0.15) is 214 Å². The first kappa shape index (κ1) is 90.2. The van der Waals surface area contributed by atoms with Crippen molar-refractivity contribution >= 4 is 89.5 Å². The number of rotatable bonds is 28. The van der Waals surface area contributed by atoms with Gasteiger partial charge in [0.15, 0.2) is 49.0 Å². The van der Waals surface area contributed by atoms with E-state index in [2.05, 4.69) is 0 Å². The molecule has 118 heavy (non-hydrogen) atoms. The fourth-order valence-electron chi connectivity index (χ4n) is 19.1. The first-order valence-electron chi connectivity index (χ1n) is 41.9. The predicted molar refractivity (Wildman–Crippen MR) is 399 cm³/mol. The molecule has 7 heterocycles. The molecule has 7 saturated heterocycles. The SMILES string of the molecule is CCC(C)(C)C(=O)OC(C)C(=O)OC1C2CC3C(=O)OC1C3C2.CCC(C)(C)C(=O)OCC(=O)OC1C2CC3(C#N)C(=O)OC1C3O2.CCC(C)(C)C(=O)OCC(=O)OC1C2CC3C1OC(=O)C3(C(=O)OC)C2.CCC(C)(C)C(=O)OCC(=O)OC1C2CCC3C(C2)C(=O)OC31.CCC(C)(C)C(=O)OCCCOC1C2CC3C(=O)OC1C3C2. The van der Waals surface area contributed by atoms with Crippen LogP contribution in [0.5, 0.6) is 0 Å². The van der Waals surface area contributed by atoms with Gasteiger partial charge in [-0.05, 0) is 172 Å². The minimum Gasteiger partial charge on any atom is -0.468 e. The smallest absolute Gasteiger partial charge is 0.347 e. The van der Waals surface area contributed by atoms with Gasteiger partial charge in [0.05, 0.1) is 77.3 Å². The van der Waals surface area contributed by atoms with Crippen LogP contribution in [0.3, 0.4) is 0 Å². The molecular weight excluding hydrogens is 1550 g/mol. The van der Waals surface area contributed by atoms with Crippen LogP contribution in [0.15, 0.2) is 0 Å². The van der Waals surface area contributed by atoms with E-state index in [1.54, 1.807) is 55.4 Å². The lowest BCUT2D eigenvalue weighted by Crippen LogP contribution is -2.50. The zero-order valence-electron chi connectivity index (χ0n) is 70.7. The van der Waals surface area contributed by atoms with E-state index in [0.29, 0.717) is 63.6 Å². The Kier molecular flexibility index (Phi) is 26.7. The number of hydrogen-bond acceptors (Lipinski definition) is 33. The topological polar surface area (TPSA) is 437 Å². The lowest BCUT2D eigenvalue weighted by molar-refractivity contribution is -0.180. The molecule has 654 valence electrons. The van der Waals surface area contributed by atoms with Crippen molar-refractivity contribution in [2.75, 3.05) is 40.1 Å². The molecule has 33 nitrogen and oxygen atoms in total. The number of esters is 15. The van der Waals surface area contributed by atoms with Gasteiger partial charge in [-0.1, -0.05) is 34.6 Å². The highest BCUT2D eigenvalue weighted by Crippen LogP contribution is 2.64. The lowest BCUT2D eigenvalue weighted by atomic mass is 9.63. The number of nitriles is 1. The van der Waals surface area contributed by atoms with Crippen molar-refractivity contribution < 1.29 is 152 Å². The van der Waals surface area contributed by atoms with Crippen molar-refractivity contribution in [1.29, 1.82) is 5.26 Å². The van der Waals surface area contributed by atoms with E-state index in [9.17, 15) is 77.2 Å². The van der Waals surface area contributed by atoms with E-state index in [0.717, 1.165) is 51.4 Å². The Labute approximate surface area is 686 Å². The maximum absolute atomic E-state index is 12.3. The van der Waals surface area contributed by atoms with Gasteiger partial charge in [-0.2, -0.15) is 5.26 Å². The fraction of sp³-hybridized carbons (Fsp3) is 0.812. The van der Waals surface area contributed by atoms with Crippen LogP contribution >= 0.6 is 0 Å². The molecule has 0 aromatic rings. The number of carbonyl (C=O) groups is 15.